The number of aliphatic hydroxyl groups excluding tert-OH is 1. The minimum atomic E-state index is -0.604. The predicted octanol–water partition coefficient (Wildman–Crippen LogP) is 2.87. The van der Waals surface area contributed by atoms with Crippen LogP contribution in [0.1, 0.15) is 49.4 Å². The highest BCUT2D eigenvalue weighted by molar-refractivity contribution is 5.99. The zero-order valence-electron chi connectivity index (χ0n) is 14.2. The van der Waals surface area contributed by atoms with Gasteiger partial charge in [-0.25, -0.2) is 0 Å². The Bertz CT molecular complexity index is 591. The summed E-state index contributed by atoms with van der Waals surface area (Å²) in [7, 11) is 0. The van der Waals surface area contributed by atoms with Crippen molar-refractivity contribution in [3.63, 3.8) is 0 Å². The van der Waals surface area contributed by atoms with Gasteiger partial charge in [0.2, 0.25) is 5.91 Å². The molecule has 5 nitrogen and oxygen atoms in total. The highest BCUT2D eigenvalue weighted by Crippen LogP contribution is 2.32. The summed E-state index contributed by atoms with van der Waals surface area (Å²) >= 11 is 0. The van der Waals surface area contributed by atoms with Gasteiger partial charge in [0.1, 0.15) is 0 Å². The zero-order chi connectivity index (χ0) is 17.6. The molecule has 2 amide bonds. The van der Waals surface area contributed by atoms with Crippen LogP contribution in [0.25, 0.3) is 0 Å². The Morgan fingerprint density at radius 1 is 1.25 bits per heavy atom. The van der Waals surface area contributed by atoms with Crippen LogP contribution in [-0.2, 0) is 4.79 Å². The molecule has 24 heavy (non-hydrogen) atoms. The molecule has 130 valence electrons. The Hall–Kier alpha value is -2.14. The standard InChI is InChI=1S/C19H26N2O3/c1-3-17(23)20-16-11-9-14(10-12-16)18(24)21-19(2,13-22)15-7-5-4-6-8-15/h3,9-12,15,22H,1,4-8,13H2,2H3,(H,20,23)(H,21,24). The maximum absolute atomic E-state index is 12.5. The van der Waals surface area contributed by atoms with Gasteiger partial charge in [-0.15, -0.1) is 0 Å². The Kier molecular flexibility index (Phi) is 6.15. The lowest BCUT2D eigenvalue weighted by Crippen LogP contribution is -2.54. The van der Waals surface area contributed by atoms with Crippen molar-refractivity contribution in [1.29, 1.82) is 0 Å². The van der Waals surface area contributed by atoms with Gasteiger partial charge >= 0.3 is 0 Å². The number of benzene rings is 1. The fourth-order valence-corrected chi connectivity index (χ4v) is 3.24. The molecule has 1 unspecified atom stereocenters. The lowest BCUT2D eigenvalue weighted by atomic mass is 9.76. The van der Waals surface area contributed by atoms with E-state index in [1.165, 1.54) is 12.5 Å². The van der Waals surface area contributed by atoms with Crippen molar-refractivity contribution in [1.82, 2.24) is 5.32 Å². The quantitative estimate of drug-likeness (QED) is 0.702. The molecule has 0 heterocycles. The average molecular weight is 330 g/mol. The normalized spacial score (nSPS) is 17.6. The number of amides is 2. The second-order valence-electron chi connectivity index (χ2n) is 6.64. The molecule has 0 saturated heterocycles. The molecule has 2 rings (SSSR count). The van der Waals surface area contributed by atoms with E-state index in [4.69, 9.17) is 0 Å². The number of carbonyl (C=O) groups excluding carboxylic acids is 2. The monoisotopic (exact) mass is 330 g/mol. The highest BCUT2D eigenvalue weighted by atomic mass is 16.3. The molecular formula is C19H26N2O3. The van der Waals surface area contributed by atoms with Crippen molar-refractivity contribution in [2.24, 2.45) is 5.92 Å². The zero-order valence-corrected chi connectivity index (χ0v) is 14.2. The van der Waals surface area contributed by atoms with E-state index in [0.29, 0.717) is 17.2 Å². The molecule has 5 heteroatoms. The van der Waals surface area contributed by atoms with E-state index in [1.54, 1.807) is 24.3 Å². The van der Waals surface area contributed by atoms with E-state index in [2.05, 4.69) is 17.2 Å². The third-order valence-corrected chi connectivity index (χ3v) is 4.83. The number of aliphatic hydroxyl groups is 1. The summed E-state index contributed by atoms with van der Waals surface area (Å²) in [6.45, 7) is 5.24. The summed E-state index contributed by atoms with van der Waals surface area (Å²) in [5, 5.41) is 15.5. The molecule has 1 atom stereocenters. The van der Waals surface area contributed by atoms with Crippen molar-refractivity contribution in [3.8, 4) is 0 Å². The van der Waals surface area contributed by atoms with E-state index < -0.39 is 5.54 Å². The van der Waals surface area contributed by atoms with Crippen molar-refractivity contribution in [2.75, 3.05) is 11.9 Å². The van der Waals surface area contributed by atoms with Crippen LogP contribution < -0.4 is 10.6 Å². The van der Waals surface area contributed by atoms with Crippen LogP contribution in [0.2, 0.25) is 0 Å². The lowest BCUT2D eigenvalue weighted by Gasteiger charge is -2.39. The molecule has 0 spiro atoms. The molecule has 0 radical (unpaired) electrons. The molecule has 0 aromatic heterocycles. The first-order valence-electron chi connectivity index (χ1n) is 8.45. The average Bonchev–Trinajstić information content (AvgIpc) is 2.62. The van der Waals surface area contributed by atoms with Gasteiger partial charge in [0.25, 0.3) is 5.91 Å². The summed E-state index contributed by atoms with van der Waals surface area (Å²) < 4.78 is 0. The van der Waals surface area contributed by atoms with Crippen molar-refractivity contribution in [2.45, 2.75) is 44.6 Å². The Morgan fingerprint density at radius 2 is 1.88 bits per heavy atom. The number of rotatable bonds is 6. The van der Waals surface area contributed by atoms with E-state index in [0.717, 1.165) is 25.7 Å². The number of hydrogen-bond acceptors (Lipinski definition) is 3. The summed E-state index contributed by atoms with van der Waals surface area (Å²) in [5.41, 5.74) is 0.503. The topological polar surface area (TPSA) is 78.4 Å². The minimum Gasteiger partial charge on any atom is -0.394 e. The summed E-state index contributed by atoms with van der Waals surface area (Å²) in [6, 6.07) is 6.67. The molecule has 1 aliphatic rings. The minimum absolute atomic E-state index is 0.0725. The van der Waals surface area contributed by atoms with Crippen LogP contribution in [0, 0.1) is 5.92 Å². The lowest BCUT2D eigenvalue weighted by molar-refractivity contribution is -0.111. The number of hydrogen-bond donors (Lipinski definition) is 3. The second-order valence-corrected chi connectivity index (χ2v) is 6.64. The van der Waals surface area contributed by atoms with Gasteiger partial charge in [-0.3, -0.25) is 9.59 Å². The molecule has 0 bridgehead atoms. The molecule has 1 saturated carbocycles. The first-order chi connectivity index (χ1) is 11.5. The maximum atomic E-state index is 12.5. The SMILES string of the molecule is C=CC(=O)Nc1ccc(C(=O)NC(C)(CO)C2CCCCC2)cc1. The smallest absolute Gasteiger partial charge is 0.251 e. The van der Waals surface area contributed by atoms with Crippen LogP contribution in [0.4, 0.5) is 5.69 Å². The van der Waals surface area contributed by atoms with Gasteiger partial charge in [-0.2, -0.15) is 0 Å². The van der Waals surface area contributed by atoms with Gasteiger partial charge in [-0.1, -0.05) is 25.8 Å². The fraction of sp³-hybridized carbons (Fsp3) is 0.474. The molecule has 1 aromatic carbocycles. The second kappa shape index (κ2) is 8.11. The Balaban J connectivity index is 2.04. The van der Waals surface area contributed by atoms with E-state index >= 15 is 0 Å². The van der Waals surface area contributed by atoms with Crippen LogP contribution in [0.5, 0.6) is 0 Å². The van der Waals surface area contributed by atoms with Gasteiger partial charge in [0, 0.05) is 11.3 Å². The Labute approximate surface area is 143 Å². The molecular weight excluding hydrogens is 304 g/mol. The third-order valence-electron chi connectivity index (χ3n) is 4.83. The van der Waals surface area contributed by atoms with Gasteiger partial charge in [-0.05, 0) is 56.0 Å². The van der Waals surface area contributed by atoms with Crippen molar-refractivity contribution in [3.05, 3.63) is 42.5 Å². The van der Waals surface area contributed by atoms with E-state index in [-0.39, 0.29) is 18.4 Å². The first-order valence-corrected chi connectivity index (χ1v) is 8.45. The van der Waals surface area contributed by atoms with Crippen molar-refractivity contribution >= 4 is 17.5 Å². The largest absolute Gasteiger partial charge is 0.394 e. The Morgan fingerprint density at radius 3 is 2.42 bits per heavy atom. The van der Waals surface area contributed by atoms with Crippen molar-refractivity contribution < 1.29 is 14.7 Å². The highest BCUT2D eigenvalue weighted by Gasteiger charge is 2.35. The number of carbonyl (C=O) groups is 2. The molecule has 1 aromatic rings. The fourth-order valence-electron chi connectivity index (χ4n) is 3.24. The summed E-state index contributed by atoms with van der Waals surface area (Å²) in [5.74, 6) is -0.206. The summed E-state index contributed by atoms with van der Waals surface area (Å²) in [6.07, 6.45) is 6.77. The van der Waals surface area contributed by atoms with Crippen LogP contribution >= 0.6 is 0 Å². The molecule has 0 aliphatic heterocycles. The van der Waals surface area contributed by atoms with E-state index in [1.807, 2.05) is 6.92 Å². The third kappa shape index (κ3) is 4.45. The molecule has 1 aliphatic carbocycles. The van der Waals surface area contributed by atoms with E-state index in [9.17, 15) is 14.7 Å². The van der Waals surface area contributed by atoms with Crippen LogP contribution in [0.15, 0.2) is 36.9 Å². The molecule has 1 fully saturated rings. The summed E-state index contributed by atoms with van der Waals surface area (Å²) in [4.78, 5) is 23.8. The number of anilines is 1. The maximum Gasteiger partial charge on any atom is 0.251 e. The number of nitrogens with one attached hydrogen (secondary N) is 2. The van der Waals surface area contributed by atoms with Crippen LogP contribution in [0.3, 0.4) is 0 Å². The van der Waals surface area contributed by atoms with Gasteiger partial charge in [0.05, 0.1) is 12.1 Å². The van der Waals surface area contributed by atoms with Crippen LogP contribution in [-0.4, -0.2) is 29.1 Å². The van der Waals surface area contributed by atoms with Gasteiger partial charge < -0.3 is 15.7 Å². The van der Waals surface area contributed by atoms with Gasteiger partial charge in [0.15, 0.2) is 0 Å². The first kappa shape index (κ1) is 18.2. The predicted molar refractivity (Wildman–Crippen MR) is 94.8 cm³/mol. The molecule has 3 N–H and O–H groups in total.